The van der Waals surface area contributed by atoms with E-state index in [9.17, 15) is 13.6 Å². The molecule has 1 N–H and O–H groups in total. The van der Waals surface area contributed by atoms with Gasteiger partial charge in [0, 0.05) is 6.42 Å². The third kappa shape index (κ3) is 1.50. The quantitative estimate of drug-likeness (QED) is 0.590. The van der Waals surface area contributed by atoms with Crippen LogP contribution in [0.2, 0.25) is 0 Å². The van der Waals surface area contributed by atoms with E-state index in [0.717, 1.165) is 0 Å². The predicted molar refractivity (Wildman–Crippen MR) is 32.0 cm³/mol. The maximum atomic E-state index is 11.9. The van der Waals surface area contributed by atoms with Crippen molar-refractivity contribution in [1.82, 2.24) is 5.32 Å². The van der Waals surface area contributed by atoms with Crippen LogP contribution in [0.25, 0.3) is 0 Å². The lowest BCUT2D eigenvalue weighted by atomic mass is 10.0. The van der Waals surface area contributed by atoms with Gasteiger partial charge >= 0.3 is 0 Å². The smallest absolute Gasteiger partial charge is 0.260 e. The minimum atomic E-state index is -2.55. The van der Waals surface area contributed by atoms with Crippen molar-refractivity contribution in [3.8, 4) is 0 Å². The molecule has 2 nitrogen and oxygen atoms in total. The van der Waals surface area contributed by atoms with Crippen LogP contribution in [-0.4, -0.2) is 24.8 Å². The van der Waals surface area contributed by atoms with Gasteiger partial charge in [0.25, 0.3) is 6.43 Å². The Morgan fingerprint density at radius 3 is 2.70 bits per heavy atom. The molecule has 4 heteroatoms. The fraction of sp³-hybridized carbons (Fsp3) is 0.833. The Balaban J connectivity index is 2.48. The van der Waals surface area contributed by atoms with E-state index in [-0.39, 0.29) is 5.78 Å². The molecule has 0 bridgehead atoms. The van der Waals surface area contributed by atoms with E-state index < -0.39 is 12.5 Å². The highest BCUT2D eigenvalue weighted by atomic mass is 19.3. The normalized spacial score (nSPS) is 27.5. The maximum absolute atomic E-state index is 11.9. The SMILES string of the molecule is O=C1CCCNC1C(F)F. The van der Waals surface area contributed by atoms with Crippen molar-refractivity contribution in [2.24, 2.45) is 0 Å². The Labute approximate surface area is 57.6 Å². The molecule has 0 spiro atoms. The number of ketones is 1. The molecule has 0 aromatic heterocycles. The molecule has 0 aromatic rings. The largest absolute Gasteiger partial charge is 0.303 e. The summed E-state index contributed by atoms with van der Waals surface area (Å²) in [6.07, 6.45) is -1.57. The molecule has 10 heavy (non-hydrogen) atoms. The molecule has 1 unspecified atom stereocenters. The summed E-state index contributed by atoms with van der Waals surface area (Å²) >= 11 is 0. The van der Waals surface area contributed by atoms with Crippen LogP contribution in [0.1, 0.15) is 12.8 Å². The first-order valence-corrected chi connectivity index (χ1v) is 3.26. The summed E-state index contributed by atoms with van der Waals surface area (Å²) in [6, 6.07) is -1.20. The Kier molecular flexibility index (Phi) is 2.32. The van der Waals surface area contributed by atoms with Gasteiger partial charge in [-0.1, -0.05) is 0 Å². The highest BCUT2D eigenvalue weighted by molar-refractivity contribution is 5.85. The van der Waals surface area contributed by atoms with Crippen molar-refractivity contribution in [2.75, 3.05) is 6.54 Å². The lowest BCUT2D eigenvalue weighted by Crippen LogP contribution is -2.46. The molecule has 0 saturated carbocycles. The second-order valence-corrected chi connectivity index (χ2v) is 2.34. The van der Waals surface area contributed by atoms with Crippen LogP contribution in [0, 0.1) is 0 Å². The van der Waals surface area contributed by atoms with E-state index in [1.807, 2.05) is 0 Å². The number of halogens is 2. The number of carbonyl (C=O) groups is 1. The van der Waals surface area contributed by atoms with Gasteiger partial charge in [0.15, 0.2) is 5.78 Å². The number of rotatable bonds is 1. The van der Waals surface area contributed by atoms with E-state index in [0.29, 0.717) is 19.4 Å². The van der Waals surface area contributed by atoms with Crippen molar-refractivity contribution >= 4 is 5.78 Å². The summed E-state index contributed by atoms with van der Waals surface area (Å²) in [6.45, 7) is 0.529. The summed E-state index contributed by atoms with van der Waals surface area (Å²) in [7, 11) is 0. The van der Waals surface area contributed by atoms with Gasteiger partial charge < -0.3 is 5.32 Å². The van der Waals surface area contributed by atoms with Gasteiger partial charge in [0.2, 0.25) is 0 Å². The second kappa shape index (κ2) is 3.05. The number of carbonyl (C=O) groups excluding carboxylic acids is 1. The molecule has 1 fully saturated rings. The molecule has 58 valence electrons. The first-order valence-electron chi connectivity index (χ1n) is 3.26. The summed E-state index contributed by atoms with van der Waals surface area (Å²) in [5.41, 5.74) is 0. The predicted octanol–water partition coefficient (Wildman–Crippen LogP) is 0.573. The Hall–Kier alpha value is -0.510. The Morgan fingerprint density at radius 2 is 2.30 bits per heavy atom. The number of hydrogen-bond acceptors (Lipinski definition) is 2. The molecular weight excluding hydrogens is 140 g/mol. The van der Waals surface area contributed by atoms with Crippen LogP contribution in [0.5, 0.6) is 0 Å². The highest BCUT2D eigenvalue weighted by Gasteiger charge is 2.29. The molecule has 1 rings (SSSR count). The molecular formula is C6H9F2NO. The lowest BCUT2D eigenvalue weighted by Gasteiger charge is -2.20. The molecule has 1 atom stereocenters. The van der Waals surface area contributed by atoms with Gasteiger partial charge in [-0.3, -0.25) is 4.79 Å². The Morgan fingerprint density at radius 1 is 1.60 bits per heavy atom. The number of piperidine rings is 1. The van der Waals surface area contributed by atoms with Gasteiger partial charge in [-0.05, 0) is 13.0 Å². The molecule has 0 aromatic carbocycles. The zero-order chi connectivity index (χ0) is 7.56. The van der Waals surface area contributed by atoms with Crippen LogP contribution < -0.4 is 5.32 Å². The van der Waals surface area contributed by atoms with Gasteiger partial charge in [0.1, 0.15) is 6.04 Å². The number of nitrogens with one attached hydrogen (secondary N) is 1. The lowest BCUT2D eigenvalue weighted by molar-refractivity contribution is -0.126. The molecule has 0 radical (unpaired) electrons. The summed E-state index contributed by atoms with van der Waals surface area (Å²) in [5, 5.41) is 2.47. The molecule has 1 aliphatic heterocycles. The highest BCUT2D eigenvalue weighted by Crippen LogP contribution is 2.09. The summed E-state index contributed by atoms with van der Waals surface area (Å²) in [4.78, 5) is 10.7. The minimum Gasteiger partial charge on any atom is -0.303 e. The van der Waals surface area contributed by atoms with Crippen LogP contribution in [-0.2, 0) is 4.79 Å². The first-order chi connectivity index (χ1) is 4.72. The van der Waals surface area contributed by atoms with E-state index in [1.54, 1.807) is 0 Å². The van der Waals surface area contributed by atoms with Crippen LogP contribution in [0.4, 0.5) is 8.78 Å². The topological polar surface area (TPSA) is 29.1 Å². The third-order valence-corrected chi connectivity index (χ3v) is 1.56. The van der Waals surface area contributed by atoms with Gasteiger partial charge in [-0.15, -0.1) is 0 Å². The average Bonchev–Trinajstić information content (AvgIpc) is 1.88. The van der Waals surface area contributed by atoms with E-state index >= 15 is 0 Å². The summed E-state index contributed by atoms with van der Waals surface area (Å²) < 4.78 is 23.8. The summed E-state index contributed by atoms with van der Waals surface area (Å²) in [5.74, 6) is -0.360. The molecule has 0 amide bonds. The standard InChI is InChI=1S/C6H9F2NO/c7-6(8)5-4(10)2-1-3-9-5/h5-6,9H,1-3H2. The zero-order valence-electron chi connectivity index (χ0n) is 5.44. The minimum absolute atomic E-state index is 0.294. The monoisotopic (exact) mass is 149 g/mol. The fourth-order valence-electron chi connectivity index (χ4n) is 1.02. The average molecular weight is 149 g/mol. The van der Waals surface area contributed by atoms with Gasteiger partial charge in [-0.2, -0.15) is 0 Å². The molecule has 1 saturated heterocycles. The molecule has 1 heterocycles. The number of hydrogen-bond donors (Lipinski definition) is 1. The number of Topliss-reactive ketones (excluding diaryl/α,β-unsaturated/α-hetero) is 1. The Bertz CT molecular complexity index is 138. The van der Waals surface area contributed by atoms with Crippen molar-refractivity contribution in [2.45, 2.75) is 25.3 Å². The maximum Gasteiger partial charge on any atom is 0.260 e. The molecule has 1 aliphatic rings. The fourth-order valence-corrected chi connectivity index (χ4v) is 1.02. The van der Waals surface area contributed by atoms with E-state index in [2.05, 4.69) is 5.32 Å². The van der Waals surface area contributed by atoms with Crippen molar-refractivity contribution in [3.63, 3.8) is 0 Å². The van der Waals surface area contributed by atoms with Crippen molar-refractivity contribution < 1.29 is 13.6 Å². The number of alkyl halides is 2. The zero-order valence-corrected chi connectivity index (χ0v) is 5.44. The van der Waals surface area contributed by atoms with Crippen LogP contribution in [0.15, 0.2) is 0 Å². The van der Waals surface area contributed by atoms with E-state index in [4.69, 9.17) is 0 Å². The van der Waals surface area contributed by atoms with Crippen molar-refractivity contribution in [1.29, 1.82) is 0 Å². The molecule has 0 aliphatic carbocycles. The third-order valence-electron chi connectivity index (χ3n) is 1.56. The first kappa shape index (κ1) is 7.60. The van der Waals surface area contributed by atoms with Gasteiger partial charge in [0.05, 0.1) is 0 Å². The van der Waals surface area contributed by atoms with E-state index in [1.165, 1.54) is 0 Å². The van der Waals surface area contributed by atoms with Crippen LogP contribution >= 0.6 is 0 Å². The van der Waals surface area contributed by atoms with Gasteiger partial charge in [-0.25, -0.2) is 8.78 Å². The van der Waals surface area contributed by atoms with Crippen LogP contribution in [0.3, 0.4) is 0 Å². The second-order valence-electron chi connectivity index (χ2n) is 2.34. The van der Waals surface area contributed by atoms with Crippen molar-refractivity contribution in [3.05, 3.63) is 0 Å².